The lowest BCUT2D eigenvalue weighted by molar-refractivity contribution is 1.15. The van der Waals surface area contributed by atoms with Gasteiger partial charge in [0.2, 0.25) is 13.5 Å². The first-order chi connectivity index (χ1) is 6.18. The van der Waals surface area contributed by atoms with Crippen molar-refractivity contribution in [1.29, 1.82) is 0 Å². The maximum Gasteiger partial charge on any atom is 0.245 e. The Morgan fingerprint density at radius 1 is 1.31 bits per heavy atom. The quantitative estimate of drug-likeness (QED) is 0.543. The number of hydrogen-bond donors (Lipinski definition) is 0. The third-order valence-corrected chi connectivity index (χ3v) is 2.09. The number of nitrogens with zero attached hydrogens (tertiary/aromatic N) is 1. The molecular formula is C10H8BNO. The van der Waals surface area contributed by atoms with Crippen LogP contribution in [0.3, 0.4) is 0 Å². The fourth-order valence-electron chi connectivity index (χ4n) is 1.37. The van der Waals surface area contributed by atoms with Crippen LogP contribution < -0.4 is 5.56 Å². The summed E-state index contributed by atoms with van der Waals surface area (Å²) in [6.45, 7) is 1.95. The Morgan fingerprint density at radius 3 is 2.85 bits per heavy atom. The average Bonchev–Trinajstić information content (AvgIpc) is 2.12. The van der Waals surface area contributed by atoms with Gasteiger partial charge in [0.1, 0.15) is 0 Å². The molecule has 0 saturated heterocycles. The van der Waals surface area contributed by atoms with E-state index in [9.17, 15) is 4.79 Å². The number of aromatic nitrogens is 1. The molecule has 0 aliphatic heterocycles. The van der Waals surface area contributed by atoms with E-state index >= 15 is 0 Å². The van der Waals surface area contributed by atoms with Gasteiger partial charge in [-0.25, -0.2) is 0 Å². The Morgan fingerprint density at radius 2 is 2.08 bits per heavy atom. The third kappa shape index (κ3) is 1.26. The summed E-state index contributed by atoms with van der Waals surface area (Å²) < 4.78 is 1.10. The normalized spacial score (nSPS) is 10.5. The fourth-order valence-corrected chi connectivity index (χ4v) is 1.37. The molecule has 0 amide bonds. The molecule has 0 aliphatic carbocycles. The van der Waals surface area contributed by atoms with Gasteiger partial charge in [-0.3, -0.25) is 4.79 Å². The lowest BCUT2D eigenvalue weighted by atomic mass is 10.1. The van der Waals surface area contributed by atoms with Crippen LogP contribution in [-0.2, 0) is 0 Å². The molecule has 0 aliphatic rings. The van der Waals surface area contributed by atoms with E-state index in [2.05, 4.69) is 0 Å². The molecule has 2 aromatic rings. The van der Waals surface area contributed by atoms with E-state index in [1.807, 2.05) is 31.2 Å². The van der Waals surface area contributed by atoms with Crippen LogP contribution in [0, 0.1) is 6.92 Å². The van der Waals surface area contributed by atoms with Gasteiger partial charge in [0.25, 0.3) is 0 Å². The highest BCUT2D eigenvalue weighted by Gasteiger charge is 1.98. The summed E-state index contributed by atoms with van der Waals surface area (Å²) in [5.41, 5.74) is 0.914. The smallest absolute Gasteiger partial charge is 0.245 e. The second-order valence-electron chi connectivity index (χ2n) is 3.12. The van der Waals surface area contributed by atoms with Crippen LogP contribution in [0.15, 0.2) is 35.3 Å². The maximum atomic E-state index is 11.5. The van der Waals surface area contributed by atoms with Gasteiger partial charge in [-0.05, 0) is 30.6 Å². The summed E-state index contributed by atoms with van der Waals surface area (Å²) in [6, 6.07) is 7.58. The molecule has 3 heteroatoms. The molecule has 0 unspecified atom stereocenters. The molecule has 62 valence electrons. The molecule has 2 radical (unpaired) electrons. The van der Waals surface area contributed by atoms with Crippen molar-refractivity contribution in [3.8, 4) is 0 Å². The van der Waals surface area contributed by atoms with Crippen LogP contribution >= 0.6 is 0 Å². The number of pyridine rings is 1. The third-order valence-electron chi connectivity index (χ3n) is 2.09. The van der Waals surface area contributed by atoms with Crippen LogP contribution in [-0.4, -0.2) is 12.5 Å². The summed E-state index contributed by atoms with van der Waals surface area (Å²) in [6.07, 6.45) is 1.57. The first kappa shape index (κ1) is 8.11. The molecule has 13 heavy (non-hydrogen) atoms. The van der Waals surface area contributed by atoms with Crippen molar-refractivity contribution in [2.45, 2.75) is 6.92 Å². The monoisotopic (exact) mass is 169 g/mol. The van der Waals surface area contributed by atoms with E-state index in [0.29, 0.717) is 5.39 Å². The van der Waals surface area contributed by atoms with Crippen molar-refractivity contribution < 1.29 is 0 Å². The van der Waals surface area contributed by atoms with Crippen LogP contribution in [0.1, 0.15) is 5.56 Å². The number of aryl methyl sites for hydroxylation is 1. The van der Waals surface area contributed by atoms with E-state index in [-0.39, 0.29) is 5.56 Å². The highest BCUT2D eigenvalue weighted by Crippen LogP contribution is 2.10. The highest BCUT2D eigenvalue weighted by atomic mass is 16.1. The largest absolute Gasteiger partial charge is 0.371 e. The Bertz CT molecular complexity index is 511. The van der Waals surface area contributed by atoms with Gasteiger partial charge in [-0.1, -0.05) is 17.7 Å². The number of rotatable bonds is 0. The van der Waals surface area contributed by atoms with Crippen molar-refractivity contribution in [3.63, 3.8) is 0 Å². The second-order valence-corrected chi connectivity index (χ2v) is 3.12. The van der Waals surface area contributed by atoms with Crippen molar-refractivity contribution in [2.75, 3.05) is 0 Å². The first-order valence-corrected chi connectivity index (χ1v) is 4.05. The zero-order chi connectivity index (χ0) is 9.42. The molecule has 0 fully saturated rings. The van der Waals surface area contributed by atoms with Gasteiger partial charge in [-0.2, -0.15) is 0 Å². The summed E-state index contributed by atoms with van der Waals surface area (Å²) in [5.74, 6) is 0. The Hall–Kier alpha value is -1.51. The van der Waals surface area contributed by atoms with Gasteiger partial charge in [0.05, 0.1) is 0 Å². The molecular weight excluding hydrogens is 161 g/mol. The van der Waals surface area contributed by atoms with Crippen LogP contribution in [0.4, 0.5) is 0 Å². The van der Waals surface area contributed by atoms with Crippen molar-refractivity contribution >= 4 is 18.8 Å². The van der Waals surface area contributed by atoms with Crippen molar-refractivity contribution in [2.24, 2.45) is 0 Å². The molecule has 1 aromatic heterocycles. The summed E-state index contributed by atoms with van der Waals surface area (Å²) >= 11 is 0. The standard InChI is InChI=1S/C10H8BNO/c1-7-2-3-8-4-5-12(11)10(13)9(8)6-7/h2-6H,1H3. The molecule has 2 nitrogen and oxygen atoms in total. The average molecular weight is 169 g/mol. The summed E-state index contributed by atoms with van der Waals surface area (Å²) in [5, 5.41) is 1.60. The van der Waals surface area contributed by atoms with E-state index in [0.717, 1.165) is 15.4 Å². The SMILES string of the molecule is [B]n1ccc2ccc(C)cc2c1=O. The Kier molecular flexibility index (Phi) is 1.73. The van der Waals surface area contributed by atoms with Crippen LogP contribution in [0.25, 0.3) is 10.8 Å². The van der Waals surface area contributed by atoms with E-state index in [4.69, 9.17) is 7.98 Å². The van der Waals surface area contributed by atoms with E-state index in [1.54, 1.807) is 6.20 Å². The molecule has 0 N–H and O–H groups in total. The molecule has 0 spiro atoms. The summed E-state index contributed by atoms with van der Waals surface area (Å²) in [7, 11) is 5.44. The Balaban J connectivity index is 2.97. The van der Waals surface area contributed by atoms with Crippen LogP contribution in [0.2, 0.25) is 0 Å². The van der Waals surface area contributed by atoms with Crippen LogP contribution in [0.5, 0.6) is 0 Å². The lowest BCUT2D eigenvalue weighted by Crippen LogP contribution is -2.17. The van der Waals surface area contributed by atoms with Gasteiger partial charge < -0.3 is 4.48 Å². The molecule has 0 bridgehead atoms. The lowest BCUT2D eigenvalue weighted by Gasteiger charge is -2.01. The van der Waals surface area contributed by atoms with Crippen molar-refractivity contribution in [3.05, 3.63) is 46.4 Å². The van der Waals surface area contributed by atoms with E-state index in [1.165, 1.54) is 0 Å². The van der Waals surface area contributed by atoms with Gasteiger partial charge >= 0.3 is 0 Å². The molecule has 0 saturated carbocycles. The van der Waals surface area contributed by atoms with Gasteiger partial charge in [0.15, 0.2) is 0 Å². The molecule has 2 rings (SSSR count). The Labute approximate surface area is 77.2 Å². The molecule has 1 heterocycles. The number of benzene rings is 1. The fraction of sp³-hybridized carbons (Fsp3) is 0.100. The predicted molar refractivity (Wildman–Crippen MR) is 54.1 cm³/mol. The van der Waals surface area contributed by atoms with Crippen molar-refractivity contribution in [1.82, 2.24) is 4.48 Å². The minimum atomic E-state index is -0.152. The van der Waals surface area contributed by atoms with Gasteiger partial charge in [0, 0.05) is 5.39 Å². The zero-order valence-electron chi connectivity index (χ0n) is 7.32. The topological polar surface area (TPSA) is 22.0 Å². The first-order valence-electron chi connectivity index (χ1n) is 4.05. The number of fused-ring (bicyclic) bond motifs is 1. The van der Waals surface area contributed by atoms with Gasteiger partial charge in [-0.15, -0.1) is 0 Å². The predicted octanol–water partition coefficient (Wildman–Crippen LogP) is 1.24. The van der Waals surface area contributed by atoms with E-state index < -0.39 is 0 Å². The minimum Gasteiger partial charge on any atom is -0.371 e. The molecule has 1 aromatic carbocycles. The molecule has 0 atom stereocenters. The number of hydrogen-bond acceptors (Lipinski definition) is 1. The second kappa shape index (κ2) is 2.77. The maximum absolute atomic E-state index is 11.5. The minimum absolute atomic E-state index is 0.152. The summed E-state index contributed by atoms with van der Waals surface area (Å²) in [4.78, 5) is 11.5. The highest BCUT2D eigenvalue weighted by molar-refractivity contribution is 6.07. The zero-order valence-corrected chi connectivity index (χ0v) is 7.32.